The second kappa shape index (κ2) is 11.3. The van der Waals surface area contributed by atoms with Gasteiger partial charge in [-0.25, -0.2) is 0 Å². The normalized spacial score (nSPS) is 16.2. The van der Waals surface area contributed by atoms with Crippen molar-refractivity contribution in [3.8, 4) is 22.3 Å². The second-order valence-corrected chi connectivity index (χ2v) is 11.7. The summed E-state index contributed by atoms with van der Waals surface area (Å²) in [5.41, 5.74) is 19.5. The Hall–Kier alpha value is -4.62. The van der Waals surface area contributed by atoms with Gasteiger partial charge < -0.3 is 5.73 Å². The molecule has 4 bridgehead atoms. The van der Waals surface area contributed by atoms with Crippen LogP contribution in [0, 0.1) is 12.8 Å². The van der Waals surface area contributed by atoms with Gasteiger partial charge >= 0.3 is 0 Å². The molecule has 0 radical (unpaired) electrons. The number of allylic oxidation sites excluding steroid dienone is 10. The van der Waals surface area contributed by atoms with E-state index in [0.29, 0.717) is 5.92 Å². The minimum Gasteiger partial charge on any atom is -0.399 e. The standard InChI is InChI=1S/C38H31N.C3H8/c1-23-11-12-26-17-27(15-23)16-25(3)34(18-26)38-22-35-24(2)7-6-8-28-19-29(31-14-13-30(39)21-36(28)31)20-37(35)32-9-4-5-10-33(32)38;1-3-2/h4-22,27H,39H2,1-3H3;3H2,1-2H3. The Kier molecular flexibility index (Phi) is 7.43. The number of nitrogens with two attached hydrogens (primary N) is 1. The van der Waals surface area contributed by atoms with Gasteiger partial charge in [0.2, 0.25) is 0 Å². The predicted octanol–water partition coefficient (Wildman–Crippen LogP) is 11.5. The largest absolute Gasteiger partial charge is 0.399 e. The van der Waals surface area contributed by atoms with Crippen LogP contribution in [0.25, 0.3) is 49.4 Å². The Morgan fingerprint density at radius 2 is 1.40 bits per heavy atom. The zero-order valence-corrected chi connectivity index (χ0v) is 25.3. The lowest BCUT2D eigenvalue weighted by Gasteiger charge is -2.16. The van der Waals surface area contributed by atoms with Crippen LogP contribution in [0.15, 0.2) is 132 Å². The van der Waals surface area contributed by atoms with Crippen LogP contribution in [0.2, 0.25) is 0 Å². The van der Waals surface area contributed by atoms with Gasteiger partial charge in [0.05, 0.1) is 0 Å². The summed E-state index contributed by atoms with van der Waals surface area (Å²) in [6, 6.07) is 28.8. The average molecular weight is 546 g/mol. The molecule has 0 heterocycles. The van der Waals surface area contributed by atoms with Crippen LogP contribution in [0.5, 0.6) is 0 Å². The topological polar surface area (TPSA) is 26.0 Å². The van der Waals surface area contributed by atoms with E-state index in [-0.39, 0.29) is 0 Å². The molecule has 0 fully saturated rings. The molecule has 0 aliphatic heterocycles. The fraction of sp³-hybridized carbons (Fsp3) is 0.171. The summed E-state index contributed by atoms with van der Waals surface area (Å²) >= 11 is 0. The summed E-state index contributed by atoms with van der Waals surface area (Å²) in [6.45, 7) is 10.9. The number of fused-ring (bicyclic) bond motifs is 9. The summed E-state index contributed by atoms with van der Waals surface area (Å²) in [6.07, 6.45) is 15.2. The van der Waals surface area contributed by atoms with Crippen LogP contribution in [0.3, 0.4) is 0 Å². The number of rotatable bonds is 1. The van der Waals surface area contributed by atoms with Crippen LogP contribution >= 0.6 is 0 Å². The lowest BCUT2D eigenvalue weighted by atomic mass is 9.88. The molecule has 3 aliphatic carbocycles. The summed E-state index contributed by atoms with van der Waals surface area (Å²) < 4.78 is 0. The van der Waals surface area contributed by atoms with E-state index in [1.165, 1.54) is 83.6 Å². The van der Waals surface area contributed by atoms with E-state index in [4.69, 9.17) is 5.73 Å². The van der Waals surface area contributed by atoms with E-state index in [2.05, 4.69) is 144 Å². The summed E-state index contributed by atoms with van der Waals surface area (Å²) in [4.78, 5) is 0. The molecule has 0 saturated heterocycles. The van der Waals surface area contributed by atoms with Gasteiger partial charge in [-0.2, -0.15) is 0 Å². The number of nitrogen functional groups attached to an aromatic ring is 1. The molecule has 0 amide bonds. The van der Waals surface area contributed by atoms with Gasteiger partial charge in [-0.05, 0) is 129 Å². The van der Waals surface area contributed by atoms with E-state index in [1.54, 1.807) is 0 Å². The number of benzene rings is 3. The molecular formula is C41H39N. The van der Waals surface area contributed by atoms with E-state index < -0.39 is 0 Å². The van der Waals surface area contributed by atoms with Crippen LogP contribution in [0.4, 0.5) is 5.69 Å². The Labute approximate surface area is 250 Å². The Morgan fingerprint density at radius 1 is 0.619 bits per heavy atom. The second-order valence-electron chi connectivity index (χ2n) is 11.7. The lowest BCUT2D eigenvalue weighted by Crippen LogP contribution is -1.93. The summed E-state index contributed by atoms with van der Waals surface area (Å²) in [5.74, 6) is 0.306. The van der Waals surface area contributed by atoms with Gasteiger partial charge in [0, 0.05) is 11.6 Å². The summed E-state index contributed by atoms with van der Waals surface area (Å²) in [5, 5.41) is 5.07. The van der Waals surface area contributed by atoms with Crippen molar-refractivity contribution in [3.63, 3.8) is 0 Å². The first-order valence-corrected chi connectivity index (χ1v) is 15.1. The average Bonchev–Trinajstić information content (AvgIpc) is 3.08. The van der Waals surface area contributed by atoms with Crippen molar-refractivity contribution in [2.45, 2.75) is 41.0 Å². The molecule has 42 heavy (non-hydrogen) atoms. The monoisotopic (exact) mass is 545 g/mol. The van der Waals surface area contributed by atoms with Crippen molar-refractivity contribution < 1.29 is 0 Å². The van der Waals surface area contributed by atoms with Crippen LogP contribution in [-0.2, 0) is 0 Å². The molecule has 1 atom stereocenters. The van der Waals surface area contributed by atoms with E-state index in [9.17, 15) is 0 Å². The maximum Gasteiger partial charge on any atom is 0.0320 e. The van der Waals surface area contributed by atoms with Crippen LogP contribution in [-0.4, -0.2) is 0 Å². The van der Waals surface area contributed by atoms with Gasteiger partial charge in [-0.15, -0.1) is 0 Å². The van der Waals surface area contributed by atoms with Crippen molar-refractivity contribution in [2.75, 3.05) is 5.73 Å². The fourth-order valence-corrected chi connectivity index (χ4v) is 6.33. The number of anilines is 1. The van der Waals surface area contributed by atoms with E-state index >= 15 is 0 Å². The molecule has 0 spiro atoms. The predicted molar refractivity (Wildman–Crippen MR) is 185 cm³/mol. The molecule has 1 heteroatoms. The third-order valence-corrected chi connectivity index (χ3v) is 8.26. The van der Waals surface area contributed by atoms with Crippen LogP contribution in [0.1, 0.15) is 45.2 Å². The quantitative estimate of drug-likeness (QED) is 0.208. The smallest absolute Gasteiger partial charge is 0.0320 e. The molecule has 3 aliphatic rings. The van der Waals surface area contributed by atoms with Gasteiger partial charge in [-0.1, -0.05) is 105 Å². The Morgan fingerprint density at radius 3 is 2.21 bits per heavy atom. The number of hydrogen-bond donors (Lipinski definition) is 1. The molecule has 4 aromatic carbocycles. The van der Waals surface area contributed by atoms with Gasteiger partial charge in [0.1, 0.15) is 0 Å². The molecule has 1 unspecified atom stereocenters. The van der Waals surface area contributed by atoms with E-state index in [0.717, 1.165) is 5.69 Å². The molecular weight excluding hydrogens is 506 g/mol. The zero-order chi connectivity index (χ0) is 29.4. The highest BCUT2D eigenvalue weighted by Crippen LogP contribution is 2.43. The van der Waals surface area contributed by atoms with Crippen molar-refractivity contribution in [2.24, 2.45) is 5.92 Å². The summed E-state index contributed by atoms with van der Waals surface area (Å²) in [7, 11) is 0. The van der Waals surface area contributed by atoms with Crippen molar-refractivity contribution in [1.82, 2.24) is 0 Å². The third-order valence-electron chi connectivity index (χ3n) is 8.26. The molecule has 1 nitrogen and oxygen atoms in total. The highest BCUT2D eigenvalue weighted by atomic mass is 14.5. The maximum absolute atomic E-state index is 6.18. The molecule has 2 N–H and O–H groups in total. The molecule has 7 rings (SSSR count). The molecule has 208 valence electrons. The van der Waals surface area contributed by atoms with Crippen LogP contribution < -0.4 is 5.73 Å². The Bertz CT molecular complexity index is 1960. The van der Waals surface area contributed by atoms with Crippen molar-refractivity contribution in [1.29, 1.82) is 0 Å². The minimum atomic E-state index is 0.306. The maximum atomic E-state index is 6.18. The van der Waals surface area contributed by atoms with Gasteiger partial charge in [-0.3, -0.25) is 0 Å². The third kappa shape index (κ3) is 5.12. The first-order chi connectivity index (χ1) is 20.4. The number of aryl methyl sites for hydroxylation is 1. The first-order valence-electron chi connectivity index (χ1n) is 15.1. The number of hydrogen-bond acceptors (Lipinski definition) is 1. The van der Waals surface area contributed by atoms with Gasteiger partial charge in [0.15, 0.2) is 0 Å². The Balaban J connectivity index is 0.00000101. The van der Waals surface area contributed by atoms with Crippen molar-refractivity contribution >= 4 is 32.8 Å². The fourth-order valence-electron chi connectivity index (χ4n) is 6.33. The lowest BCUT2D eigenvalue weighted by molar-refractivity contribution is 1.04. The zero-order valence-electron chi connectivity index (χ0n) is 25.3. The first kappa shape index (κ1) is 27.5. The minimum absolute atomic E-state index is 0.306. The van der Waals surface area contributed by atoms with Crippen molar-refractivity contribution in [3.05, 3.63) is 143 Å². The molecule has 0 aromatic heterocycles. The molecule has 4 aromatic rings. The van der Waals surface area contributed by atoms with E-state index in [1.807, 2.05) is 6.07 Å². The highest BCUT2D eigenvalue weighted by molar-refractivity contribution is 6.14. The SMILES string of the molecule is CC1=CC2C=C(C=C1)C=C(c1cc3c(C)cccc4cc(cc3c3ccccc13)-c1ccc(N)cc1-4)C(C)=C2.CCC. The highest BCUT2D eigenvalue weighted by Gasteiger charge is 2.18. The molecule has 0 saturated carbocycles. The van der Waals surface area contributed by atoms with Gasteiger partial charge in [0.25, 0.3) is 0 Å².